The molecule has 0 radical (unpaired) electrons. The van der Waals surface area contributed by atoms with Crippen molar-refractivity contribution in [3.63, 3.8) is 0 Å². The maximum absolute atomic E-state index is 12.3. The third kappa shape index (κ3) is 6.27. The predicted octanol–water partition coefficient (Wildman–Crippen LogP) is 2.44. The normalized spacial score (nSPS) is 17.3. The van der Waals surface area contributed by atoms with Gasteiger partial charge in [-0.1, -0.05) is 30.3 Å². The number of hydrogen-bond acceptors (Lipinski definition) is 3. The van der Waals surface area contributed by atoms with Gasteiger partial charge in [0.2, 0.25) is 5.91 Å². The van der Waals surface area contributed by atoms with Crippen molar-refractivity contribution >= 4 is 23.6 Å². The lowest BCUT2D eigenvalue weighted by Gasteiger charge is -2.39. The summed E-state index contributed by atoms with van der Waals surface area (Å²) < 4.78 is 0.238. The highest BCUT2D eigenvalue weighted by Gasteiger charge is 2.28. The zero-order valence-corrected chi connectivity index (χ0v) is 16.6. The number of thioether (sulfide) groups is 1. The molecule has 0 atom stereocenters. The highest BCUT2D eigenvalue weighted by Crippen LogP contribution is 2.29. The van der Waals surface area contributed by atoms with Gasteiger partial charge in [0.15, 0.2) is 5.96 Å². The largest absolute Gasteiger partial charge is 0.356 e. The van der Waals surface area contributed by atoms with Gasteiger partial charge in [0.25, 0.3) is 0 Å². The van der Waals surface area contributed by atoms with Crippen molar-refractivity contribution in [2.45, 2.75) is 31.6 Å². The van der Waals surface area contributed by atoms with E-state index in [2.05, 4.69) is 29.1 Å². The molecule has 0 unspecified atom stereocenters. The maximum Gasteiger partial charge on any atom is 0.224 e. The van der Waals surface area contributed by atoms with Crippen LogP contribution in [0, 0.1) is 0 Å². The maximum atomic E-state index is 12.3. The lowest BCUT2D eigenvalue weighted by Crippen LogP contribution is -2.51. The fraction of sp³-hybridized carbons (Fsp3) is 0.579. The molecule has 1 heterocycles. The number of carbonyl (C=O) groups excluding carboxylic acids is 1. The van der Waals surface area contributed by atoms with E-state index in [1.165, 1.54) is 0 Å². The molecule has 0 aromatic heterocycles. The first-order valence-corrected chi connectivity index (χ1v) is 9.77. The number of hydrogen-bond donors (Lipinski definition) is 1. The SMILES string of the molecule is CN=C(NCCC(=O)N(C)Cc1ccccc1)N1CCSC(C)(C)C1. The zero-order valence-electron chi connectivity index (χ0n) is 15.8. The molecule has 25 heavy (non-hydrogen) atoms. The quantitative estimate of drug-likeness (QED) is 0.646. The van der Waals surface area contributed by atoms with Crippen molar-refractivity contribution in [2.75, 3.05) is 39.5 Å². The van der Waals surface area contributed by atoms with E-state index in [1.54, 1.807) is 11.9 Å². The van der Waals surface area contributed by atoms with E-state index in [0.717, 1.165) is 30.4 Å². The molecule has 0 aliphatic carbocycles. The van der Waals surface area contributed by atoms with E-state index in [-0.39, 0.29) is 10.7 Å². The first-order valence-electron chi connectivity index (χ1n) is 8.79. The van der Waals surface area contributed by atoms with Crippen LogP contribution in [0.4, 0.5) is 0 Å². The number of guanidine groups is 1. The van der Waals surface area contributed by atoms with Crippen LogP contribution in [0.3, 0.4) is 0 Å². The van der Waals surface area contributed by atoms with Crippen LogP contribution in [0.2, 0.25) is 0 Å². The van der Waals surface area contributed by atoms with E-state index in [0.29, 0.717) is 19.5 Å². The summed E-state index contributed by atoms with van der Waals surface area (Å²) in [6, 6.07) is 10.1. The summed E-state index contributed by atoms with van der Waals surface area (Å²) in [5.41, 5.74) is 1.15. The lowest BCUT2D eigenvalue weighted by atomic mass is 10.2. The van der Waals surface area contributed by atoms with Crippen molar-refractivity contribution in [1.82, 2.24) is 15.1 Å². The second kappa shape index (κ2) is 9.13. The summed E-state index contributed by atoms with van der Waals surface area (Å²) in [4.78, 5) is 20.8. The standard InChI is InChI=1S/C19H30N4OS/c1-19(2)15-23(12-13-25-19)18(20-3)21-11-10-17(24)22(4)14-16-8-6-5-7-9-16/h5-9H,10-15H2,1-4H3,(H,20,21). The molecule has 0 spiro atoms. The van der Waals surface area contributed by atoms with Crippen molar-refractivity contribution < 1.29 is 4.79 Å². The van der Waals surface area contributed by atoms with E-state index < -0.39 is 0 Å². The molecule has 1 fully saturated rings. The number of rotatable bonds is 5. The van der Waals surface area contributed by atoms with Crippen molar-refractivity contribution in [3.05, 3.63) is 35.9 Å². The Hall–Kier alpha value is -1.69. The van der Waals surface area contributed by atoms with Gasteiger partial charge in [-0.25, -0.2) is 0 Å². The fourth-order valence-corrected chi connectivity index (χ4v) is 4.06. The van der Waals surface area contributed by atoms with Gasteiger partial charge in [0.05, 0.1) is 0 Å². The Morgan fingerprint density at radius 1 is 1.36 bits per heavy atom. The molecule has 138 valence electrons. The molecule has 1 aliphatic heterocycles. The summed E-state index contributed by atoms with van der Waals surface area (Å²) in [6.07, 6.45) is 0.467. The summed E-state index contributed by atoms with van der Waals surface area (Å²) >= 11 is 2.00. The highest BCUT2D eigenvalue weighted by molar-refractivity contribution is 8.00. The monoisotopic (exact) mass is 362 g/mol. The Morgan fingerprint density at radius 3 is 2.72 bits per heavy atom. The predicted molar refractivity (Wildman–Crippen MR) is 107 cm³/mol. The highest BCUT2D eigenvalue weighted by atomic mass is 32.2. The number of nitrogens with zero attached hydrogens (tertiary/aromatic N) is 3. The summed E-state index contributed by atoms with van der Waals surface area (Å²) in [7, 11) is 3.66. The molecule has 1 amide bonds. The van der Waals surface area contributed by atoms with Gasteiger partial charge in [0, 0.05) is 57.2 Å². The van der Waals surface area contributed by atoms with Crippen LogP contribution in [0.25, 0.3) is 0 Å². The smallest absolute Gasteiger partial charge is 0.224 e. The minimum absolute atomic E-state index is 0.140. The molecular weight excluding hydrogens is 332 g/mol. The zero-order chi connectivity index (χ0) is 18.3. The minimum Gasteiger partial charge on any atom is -0.356 e. The molecule has 1 aliphatic rings. The Bertz CT molecular complexity index is 588. The molecule has 6 heteroatoms. The van der Waals surface area contributed by atoms with Gasteiger partial charge in [-0.3, -0.25) is 9.79 Å². The van der Waals surface area contributed by atoms with Gasteiger partial charge < -0.3 is 15.1 Å². The first kappa shape index (κ1) is 19.6. The van der Waals surface area contributed by atoms with Crippen LogP contribution < -0.4 is 5.32 Å². The Balaban J connectivity index is 1.77. The number of amides is 1. The Kier molecular flexibility index (Phi) is 7.17. The van der Waals surface area contributed by atoms with Crippen LogP contribution in [0.15, 0.2) is 35.3 Å². The number of aliphatic imine (C=N–C) groups is 1. The number of nitrogens with one attached hydrogen (secondary N) is 1. The summed E-state index contributed by atoms with van der Waals surface area (Å²) in [6.45, 7) is 7.74. The van der Waals surface area contributed by atoms with Crippen LogP contribution in [0.1, 0.15) is 25.8 Å². The summed E-state index contributed by atoms with van der Waals surface area (Å²) in [5, 5.41) is 3.35. The third-order valence-corrected chi connectivity index (χ3v) is 5.54. The van der Waals surface area contributed by atoms with E-state index in [4.69, 9.17) is 0 Å². The van der Waals surface area contributed by atoms with Gasteiger partial charge in [0.1, 0.15) is 0 Å². The van der Waals surface area contributed by atoms with Gasteiger partial charge in [-0.2, -0.15) is 11.8 Å². The Morgan fingerprint density at radius 2 is 2.08 bits per heavy atom. The molecule has 0 saturated carbocycles. The molecule has 1 N–H and O–H groups in total. The molecule has 5 nitrogen and oxygen atoms in total. The van der Waals surface area contributed by atoms with Crippen molar-refractivity contribution in [3.8, 4) is 0 Å². The lowest BCUT2D eigenvalue weighted by molar-refractivity contribution is -0.130. The topological polar surface area (TPSA) is 47.9 Å². The molecule has 1 saturated heterocycles. The Labute approximate surface area is 155 Å². The second-order valence-electron chi connectivity index (χ2n) is 6.99. The van der Waals surface area contributed by atoms with Crippen LogP contribution in [-0.4, -0.2) is 65.9 Å². The fourth-order valence-electron chi connectivity index (χ4n) is 2.95. The molecule has 1 aromatic carbocycles. The van der Waals surface area contributed by atoms with Crippen molar-refractivity contribution in [1.29, 1.82) is 0 Å². The third-order valence-electron chi connectivity index (χ3n) is 4.25. The van der Waals surface area contributed by atoms with Crippen LogP contribution >= 0.6 is 11.8 Å². The van der Waals surface area contributed by atoms with Gasteiger partial charge >= 0.3 is 0 Å². The average molecular weight is 363 g/mol. The average Bonchev–Trinajstić information content (AvgIpc) is 2.58. The van der Waals surface area contributed by atoms with Crippen LogP contribution in [0.5, 0.6) is 0 Å². The second-order valence-corrected chi connectivity index (χ2v) is 8.79. The summed E-state index contributed by atoms with van der Waals surface area (Å²) in [5.74, 6) is 2.14. The minimum atomic E-state index is 0.140. The van der Waals surface area contributed by atoms with Gasteiger partial charge in [-0.05, 0) is 19.4 Å². The van der Waals surface area contributed by atoms with Crippen molar-refractivity contribution in [2.24, 2.45) is 4.99 Å². The number of benzene rings is 1. The molecule has 0 bridgehead atoms. The van der Waals surface area contributed by atoms with Gasteiger partial charge in [-0.15, -0.1) is 0 Å². The van der Waals surface area contributed by atoms with E-state index >= 15 is 0 Å². The van der Waals surface area contributed by atoms with E-state index in [1.807, 2.05) is 49.1 Å². The molecule has 1 aromatic rings. The number of carbonyl (C=O) groups is 1. The molecule has 2 rings (SSSR count). The first-order chi connectivity index (χ1) is 11.9. The van der Waals surface area contributed by atoms with E-state index in [9.17, 15) is 4.79 Å². The van der Waals surface area contributed by atoms with Crippen LogP contribution in [-0.2, 0) is 11.3 Å². The molecular formula is C19H30N4OS.